The monoisotopic (exact) mass is 410 g/mol. The Labute approximate surface area is 172 Å². The number of primary amides is 1. The molecule has 3 amide bonds. The van der Waals surface area contributed by atoms with E-state index in [9.17, 15) is 14.4 Å². The van der Waals surface area contributed by atoms with Crippen LogP contribution in [0.5, 0.6) is 0 Å². The van der Waals surface area contributed by atoms with Gasteiger partial charge in [0.25, 0.3) is 5.91 Å². The van der Waals surface area contributed by atoms with Crippen molar-refractivity contribution in [3.8, 4) is 0 Å². The molecule has 2 aromatic carbocycles. The van der Waals surface area contributed by atoms with Crippen molar-refractivity contribution in [1.82, 2.24) is 10.3 Å². The summed E-state index contributed by atoms with van der Waals surface area (Å²) in [4.78, 5) is 40.0. The number of aromatic nitrogens is 1. The van der Waals surface area contributed by atoms with Crippen molar-refractivity contribution >= 4 is 45.0 Å². The minimum atomic E-state index is -0.486. The Morgan fingerprint density at radius 3 is 2.55 bits per heavy atom. The maximum atomic E-state index is 12.3. The highest BCUT2D eigenvalue weighted by atomic mass is 32.1. The molecule has 0 saturated carbocycles. The molecule has 1 heterocycles. The third kappa shape index (κ3) is 5.86. The second-order valence-electron chi connectivity index (χ2n) is 6.49. The predicted molar refractivity (Wildman–Crippen MR) is 114 cm³/mol. The third-order valence-corrected chi connectivity index (χ3v) is 5.33. The van der Waals surface area contributed by atoms with E-state index in [1.807, 2.05) is 24.3 Å². The van der Waals surface area contributed by atoms with Gasteiger partial charge in [-0.3, -0.25) is 14.4 Å². The van der Waals surface area contributed by atoms with Crippen LogP contribution in [-0.2, 0) is 16.0 Å². The summed E-state index contributed by atoms with van der Waals surface area (Å²) in [6, 6.07) is 14.7. The summed E-state index contributed by atoms with van der Waals surface area (Å²) in [7, 11) is 0. The van der Waals surface area contributed by atoms with Crippen molar-refractivity contribution < 1.29 is 14.4 Å². The highest BCUT2D eigenvalue weighted by Crippen LogP contribution is 2.23. The van der Waals surface area contributed by atoms with Gasteiger partial charge in [0.2, 0.25) is 11.8 Å². The van der Waals surface area contributed by atoms with Gasteiger partial charge < -0.3 is 16.4 Å². The third-order valence-electron chi connectivity index (χ3n) is 4.24. The quantitative estimate of drug-likeness (QED) is 0.503. The molecular formula is C21H22N4O3S. The van der Waals surface area contributed by atoms with Crippen molar-refractivity contribution in [3.63, 3.8) is 0 Å². The normalized spacial score (nSPS) is 10.6. The van der Waals surface area contributed by atoms with Gasteiger partial charge in [0, 0.05) is 19.4 Å². The average molecular weight is 410 g/mol. The minimum Gasteiger partial charge on any atom is -0.370 e. The number of nitrogens with one attached hydrogen (secondary N) is 2. The number of para-hydroxylation sites is 2. The predicted octanol–water partition coefficient (Wildman–Crippen LogP) is 2.86. The molecule has 7 nitrogen and oxygen atoms in total. The van der Waals surface area contributed by atoms with Crippen LogP contribution in [0.2, 0.25) is 0 Å². The van der Waals surface area contributed by atoms with E-state index in [0.29, 0.717) is 24.1 Å². The molecule has 0 bridgehead atoms. The lowest BCUT2D eigenvalue weighted by Gasteiger charge is -2.11. The summed E-state index contributed by atoms with van der Waals surface area (Å²) in [6.07, 6.45) is 1.78. The second-order valence-corrected chi connectivity index (χ2v) is 7.61. The molecule has 150 valence electrons. The number of rotatable bonds is 9. The zero-order valence-corrected chi connectivity index (χ0v) is 16.6. The van der Waals surface area contributed by atoms with Gasteiger partial charge >= 0.3 is 0 Å². The van der Waals surface area contributed by atoms with Gasteiger partial charge in [-0.25, -0.2) is 4.98 Å². The summed E-state index contributed by atoms with van der Waals surface area (Å²) in [5.74, 6) is -1.01. The second kappa shape index (κ2) is 9.79. The van der Waals surface area contributed by atoms with Crippen LogP contribution in [-0.4, -0.2) is 29.3 Å². The number of anilines is 1. The number of hydrogen-bond donors (Lipinski definition) is 3. The number of benzene rings is 2. The van der Waals surface area contributed by atoms with Crippen LogP contribution >= 0.6 is 11.3 Å². The summed E-state index contributed by atoms with van der Waals surface area (Å²) < 4.78 is 1.14. The molecular weight excluding hydrogens is 388 g/mol. The molecule has 0 fully saturated rings. The minimum absolute atomic E-state index is 0.0615. The van der Waals surface area contributed by atoms with Crippen molar-refractivity contribution in [2.75, 3.05) is 11.9 Å². The lowest BCUT2D eigenvalue weighted by molar-refractivity contribution is -0.118. The van der Waals surface area contributed by atoms with Crippen LogP contribution in [0, 0.1) is 0 Å². The van der Waals surface area contributed by atoms with Crippen molar-refractivity contribution in [3.05, 3.63) is 59.1 Å². The fraction of sp³-hybridized carbons (Fsp3) is 0.238. The molecule has 0 atom stereocenters. The van der Waals surface area contributed by atoms with Crippen LogP contribution in [0.1, 0.15) is 34.6 Å². The van der Waals surface area contributed by atoms with Crippen LogP contribution < -0.4 is 16.4 Å². The van der Waals surface area contributed by atoms with E-state index in [4.69, 9.17) is 5.73 Å². The number of aryl methyl sites for hydroxylation is 1. The molecule has 0 aliphatic heterocycles. The van der Waals surface area contributed by atoms with E-state index in [1.165, 1.54) is 0 Å². The van der Waals surface area contributed by atoms with Crippen molar-refractivity contribution in [2.45, 2.75) is 25.7 Å². The standard InChI is InChI=1S/C21H22N4O3S/c22-18(26)12-13-23-21(28)14-6-1-2-7-15(14)24-19(27)10-5-11-20-25-16-8-3-4-9-17(16)29-20/h1-4,6-9H,5,10-13H2,(H2,22,26)(H,23,28)(H,24,27). The van der Waals surface area contributed by atoms with Gasteiger partial charge in [-0.2, -0.15) is 0 Å². The first-order valence-electron chi connectivity index (χ1n) is 9.33. The van der Waals surface area contributed by atoms with E-state index in [-0.39, 0.29) is 24.8 Å². The molecule has 0 spiro atoms. The molecule has 4 N–H and O–H groups in total. The SMILES string of the molecule is NC(=O)CCNC(=O)c1ccccc1NC(=O)CCCc1nc2ccccc2s1. The molecule has 0 unspecified atom stereocenters. The molecule has 0 aliphatic rings. The molecule has 29 heavy (non-hydrogen) atoms. The molecule has 3 aromatic rings. The van der Waals surface area contributed by atoms with E-state index >= 15 is 0 Å². The number of hydrogen-bond acceptors (Lipinski definition) is 5. The Bertz CT molecular complexity index is 998. The first kappa shape index (κ1) is 20.5. The van der Waals surface area contributed by atoms with E-state index in [0.717, 1.165) is 21.6 Å². The molecule has 3 rings (SSSR count). The number of amides is 3. The number of nitrogens with two attached hydrogens (primary N) is 1. The summed E-state index contributed by atoms with van der Waals surface area (Å²) in [6.45, 7) is 0.151. The van der Waals surface area contributed by atoms with Gasteiger partial charge in [-0.1, -0.05) is 24.3 Å². The molecule has 0 saturated heterocycles. The van der Waals surface area contributed by atoms with E-state index in [2.05, 4.69) is 15.6 Å². The summed E-state index contributed by atoms with van der Waals surface area (Å²) in [5, 5.41) is 6.43. The Morgan fingerprint density at radius 1 is 1.00 bits per heavy atom. The van der Waals surface area contributed by atoms with Gasteiger partial charge in [0.15, 0.2) is 0 Å². The zero-order chi connectivity index (χ0) is 20.6. The number of fused-ring (bicyclic) bond motifs is 1. The highest BCUT2D eigenvalue weighted by molar-refractivity contribution is 7.18. The molecule has 0 radical (unpaired) electrons. The van der Waals surface area contributed by atoms with Crippen LogP contribution in [0.25, 0.3) is 10.2 Å². The number of carbonyl (C=O) groups excluding carboxylic acids is 3. The van der Waals surface area contributed by atoms with Gasteiger partial charge in [0.05, 0.1) is 26.5 Å². The van der Waals surface area contributed by atoms with E-state index in [1.54, 1.807) is 35.6 Å². The lowest BCUT2D eigenvalue weighted by atomic mass is 10.1. The Balaban J connectivity index is 1.52. The van der Waals surface area contributed by atoms with Crippen LogP contribution in [0.3, 0.4) is 0 Å². The smallest absolute Gasteiger partial charge is 0.253 e. The van der Waals surface area contributed by atoms with Gasteiger partial charge in [-0.05, 0) is 37.1 Å². The number of thiazole rings is 1. The Hall–Kier alpha value is -3.26. The van der Waals surface area contributed by atoms with Gasteiger partial charge in [0.1, 0.15) is 0 Å². The fourth-order valence-corrected chi connectivity index (χ4v) is 3.83. The van der Waals surface area contributed by atoms with Gasteiger partial charge in [-0.15, -0.1) is 11.3 Å². The maximum absolute atomic E-state index is 12.3. The molecule has 1 aromatic heterocycles. The fourth-order valence-electron chi connectivity index (χ4n) is 2.82. The maximum Gasteiger partial charge on any atom is 0.253 e. The lowest BCUT2D eigenvalue weighted by Crippen LogP contribution is -2.28. The zero-order valence-electron chi connectivity index (χ0n) is 15.8. The highest BCUT2D eigenvalue weighted by Gasteiger charge is 2.13. The average Bonchev–Trinajstić information content (AvgIpc) is 3.10. The Morgan fingerprint density at radius 2 is 1.76 bits per heavy atom. The van der Waals surface area contributed by atoms with E-state index < -0.39 is 5.91 Å². The van der Waals surface area contributed by atoms with Crippen molar-refractivity contribution in [2.24, 2.45) is 5.73 Å². The first-order chi connectivity index (χ1) is 14.0. The Kier molecular flexibility index (Phi) is 6.91. The van der Waals surface area contributed by atoms with Crippen molar-refractivity contribution in [1.29, 1.82) is 0 Å². The number of carbonyl (C=O) groups is 3. The van der Waals surface area contributed by atoms with Crippen LogP contribution in [0.4, 0.5) is 5.69 Å². The first-order valence-corrected chi connectivity index (χ1v) is 10.1. The summed E-state index contributed by atoms with van der Waals surface area (Å²) >= 11 is 1.64. The topological polar surface area (TPSA) is 114 Å². The number of nitrogens with zero attached hydrogens (tertiary/aromatic N) is 1. The molecule has 0 aliphatic carbocycles. The molecule has 8 heteroatoms. The largest absolute Gasteiger partial charge is 0.370 e. The summed E-state index contributed by atoms with van der Waals surface area (Å²) in [5.41, 5.74) is 6.84. The van der Waals surface area contributed by atoms with Crippen LogP contribution in [0.15, 0.2) is 48.5 Å².